The molecule has 2 rings (SSSR count). The van der Waals surface area contributed by atoms with Crippen molar-refractivity contribution in [1.82, 2.24) is 4.90 Å². The summed E-state index contributed by atoms with van der Waals surface area (Å²) in [6, 6.07) is 0. The third kappa shape index (κ3) is 3.65. The van der Waals surface area contributed by atoms with Crippen molar-refractivity contribution in [3.63, 3.8) is 0 Å². The zero-order chi connectivity index (χ0) is 15.9. The summed E-state index contributed by atoms with van der Waals surface area (Å²) in [7, 11) is 0. The normalized spacial score (nSPS) is 27.9. The van der Waals surface area contributed by atoms with E-state index in [1.165, 1.54) is 0 Å². The summed E-state index contributed by atoms with van der Waals surface area (Å²) in [5.41, 5.74) is -1.09. The number of carbonyl (C=O) groups excluding carboxylic acids is 1. The molecule has 1 atom stereocenters. The number of ether oxygens (including phenoxy) is 1. The van der Waals surface area contributed by atoms with Crippen molar-refractivity contribution >= 4 is 6.09 Å². The van der Waals surface area contributed by atoms with Gasteiger partial charge in [-0.15, -0.1) is 0 Å². The van der Waals surface area contributed by atoms with Gasteiger partial charge in [0.15, 0.2) is 0 Å². The molecule has 1 saturated carbocycles. The van der Waals surface area contributed by atoms with Gasteiger partial charge in [-0.25, -0.2) is 13.6 Å². The molecule has 0 radical (unpaired) electrons. The van der Waals surface area contributed by atoms with Crippen LogP contribution in [0.2, 0.25) is 0 Å². The van der Waals surface area contributed by atoms with Gasteiger partial charge in [0.25, 0.3) is 0 Å². The maximum atomic E-state index is 13.7. The minimum Gasteiger partial charge on any atom is -0.444 e. The van der Waals surface area contributed by atoms with Crippen LogP contribution in [0.5, 0.6) is 0 Å². The number of alkyl halides is 2. The lowest BCUT2D eigenvalue weighted by molar-refractivity contribution is -0.0195. The Hall–Kier alpha value is -0.910. The van der Waals surface area contributed by atoms with Crippen LogP contribution in [0.1, 0.15) is 46.5 Å². The van der Waals surface area contributed by atoms with Crippen LogP contribution in [0.15, 0.2) is 0 Å². The predicted molar refractivity (Wildman–Crippen MR) is 74.2 cm³/mol. The van der Waals surface area contributed by atoms with Gasteiger partial charge in [-0.2, -0.15) is 0 Å². The number of hydrogen-bond acceptors (Lipinski definition) is 3. The van der Waals surface area contributed by atoms with Crippen molar-refractivity contribution in [3.05, 3.63) is 0 Å². The maximum absolute atomic E-state index is 13.7. The minimum absolute atomic E-state index is 0.173. The Labute approximate surface area is 124 Å². The minimum atomic E-state index is -2.69. The molecule has 1 aliphatic heterocycles. The molecule has 1 amide bonds. The third-order valence-corrected chi connectivity index (χ3v) is 4.65. The second kappa shape index (κ2) is 5.38. The van der Waals surface area contributed by atoms with E-state index < -0.39 is 16.9 Å². The molecule has 2 aliphatic rings. The van der Waals surface area contributed by atoms with E-state index in [2.05, 4.69) is 0 Å². The van der Waals surface area contributed by atoms with E-state index in [0.29, 0.717) is 25.9 Å². The summed E-state index contributed by atoms with van der Waals surface area (Å²) in [6.45, 7) is 6.03. The number of rotatable bonds is 1. The summed E-state index contributed by atoms with van der Waals surface area (Å²) in [5.74, 6) is -3.06. The van der Waals surface area contributed by atoms with Gasteiger partial charge in [0.05, 0.1) is 0 Å². The number of nitrogens with zero attached hydrogens (tertiary/aromatic N) is 1. The second-order valence-electron chi connectivity index (χ2n) is 7.45. The van der Waals surface area contributed by atoms with Crippen molar-refractivity contribution < 1.29 is 23.4 Å². The van der Waals surface area contributed by atoms with Crippen LogP contribution < -0.4 is 0 Å². The Kier molecular flexibility index (Phi) is 4.21. The Bertz CT molecular complexity index is 398. The number of amides is 1. The molecule has 21 heavy (non-hydrogen) atoms. The molecule has 0 aromatic carbocycles. The van der Waals surface area contributed by atoms with E-state index in [4.69, 9.17) is 4.74 Å². The first kappa shape index (κ1) is 16.5. The number of likely N-dealkylation sites (tertiary alicyclic amines) is 1. The van der Waals surface area contributed by atoms with E-state index in [-0.39, 0.29) is 31.5 Å². The highest BCUT2D eigenvalue weighted by Crippen LogP contribution is 2.56. The van der Waals surface area contributed by atoms with Gasteiger partial charge in [0.2, 0.25) is 5.92 Å². The molecule has 0 bridgehead atoms. The first-order valence-electron chi connectivity index (χ1n) is 7.54. The average molecular weight is 305 g/mol. The molecule has 6 heteroatoms. The summed E-state index contributed by atoms with van der Waals surface area (Å²) in [4.78, 5) is 13.6. The van der Waals surface area contributed by atoms with Crippen molar-refractivity contribution in [3.8, 4) is 0 Å². The predicted octanol–water partition coefficient (Wildman–Crippen LogP) is 3.04. The van der Waals surface area contributed by atoms with Crippen molar-refractivity contribution in [1.29, 1.82) is 0 Å². The Morgan fingerprint density at radius 2 is 1.90 bits per heavy atom. The van der Waals surface area contributed by atoms with Crippen LogP contribution in [-0.2, 0) is 4.74 Å². The third-order valence-electron chi connectivity index (χ3n) is 4.65. The molecule has 0 aromatic rings. The van der Waals surface area contributed by atoms with E-state index in [1.54, 1.807) is 25.7 Å². The number of halogens is 2. The summed E-state index contributed by atoms with van der Waals surface area (Å²) in [5, 5.41) is 9.41. The van der Waals surface area contributed by atoms with E-state index in [9.17, 15) is 18.7 Å². The fourth-order valence-corrected chi connectivity index (χ4v) is 3.61. The molecule has 1 N–H and O–H groups in total. The highest BCUT2D eigenvalue weighted by Gasteiger charge is 2.56. The Morgan fingerprint density at radius 3 is 2.38 bits per heavy atom. The zero-order valence-electron chi connectivity index (χ0n) is 13.0. The summed E-state index contributed by atoms with van der Waals surface area (Å²) < 4.78 is 32.7. The lowest BCUT2D eigenvalue weighted by Gasteiger charge is -2.42. The van der Waals surface area contributed by atoms with Crippen LogP contribution in [0.3, 0.4) is 0 Å². The van der Waals surface area contributed by atoms with Crippen LogP contribution >= 0.6 is 0 Å². The van der Waals surface area contributed by atoms with Gasteiger partial charge in [-0.05, 0) is 44.9 Å². The summed E-state index contributed by atoms with van der Waals surface area (Å²) >= 11 is 0. The van der Waals surface area contributed by atoms with Crippen molar-refractivity contribution in [2.75, 3.05) is 19.7 Å². The second-order valence-corrected chi connectivity index (χ2v) is 7.45. The molecular weight excluding hydrogens is 280 g/mol. The first-order valence-corrected chi connectivity index (χ1v) is 7.54. The van der Waals surface area contributed by atoms with Gasteiger partial charge in [-0.1, -0.05) is 0 Å². The highest BCUT2D eigenvalue weighted by molar-refractivity contribution is 5.68. The largest absolute Gasteiger partial charge is 0.444 e. The van der Waals surface area contributed by atoms with E-state index >= 15 is 0 Å². The summed E-state index contributed by atoms with van der Waals surface area (Å²) in [6.07, 6.45) is 0.214. The van der Waals surface area contributed by atoms with Crippen LogP contribution in [-0.4, -0.2) is 47.3 Å². The van der Waals surface area contributed by atoms with Crippen LogP contribution in [0, 0.1) is 11.3 Å². The molecule has 1 heterocycles. The molecule has 1 spiro atoms. The van der Waals surface area contributed by atoms with Gasteiger partial charge < -0.3 is 14.7 Å². The standard InChI is InChI=1S/C15H25F2NO3/c1-13(2,3)21-12(20)18-6-4-14(5-7-18)10-15(16,17)8-11(14)9-19/h11,19H,4-10H2,1-3H3/t11-/m1/s1. The molecule has 4 nitrogen and oxygen atoms in total. The Balaban J connectivity index is 1.98. The number of aliphatic hydroxyl groups is 1. The lowest BCUT2D eigenvalue weighted by Crippen LogP contribution is -2.47. The topological polar surface area (TPSA) is 49.8 Å². The lowest BCUT2D eigenvalue weighted by atomic mass is 9.71. The van der Waals surface area contributed by atoms with Crippen molar-refractivity contribution in [2.45, 2.75) is 58.0 Å². The molecule has 1 saturated heterocycles. The number of piperidine rings is 1. The fraction of sp³-hybridized carbons (Fsp3) is 0.933. The van der Waals surface area contributed by atoms with E-state index in [1.807, 2.05) is 0 Å². The quantitative estimate of drug-likeness (QED) is 0.810. The Morgan fingerprint density at radius 1 is 1.33 bits per heavy atom. The monoisotopic (exact) mass is 305 g/mol. The van der Waals surface area contributed by atoms with Gasteiger partial charge in [-0.3, -0.25) is 0 Å². The molecule has 1 aliphatic carbocycles. The van der Waals surface area contributed by atoms with Gasteiger partial charge >= 0.3 is 6.09 Å². The molecule has 2 fully saturated rings. The number of carbonyl (C=O) groups is 1. The smallest absolute Gasteiger partial charge is 0.410 e. The molecule has 0 unspecified atom stereocenters. The zero-order valence-corrected chi connectivity index (χ0v) is 13.0. The van der Waals surface area contributed by atoms with Crippen LogP contribution in [0.25, 0.3) is 0 Å². The maximum Gasteiger partial charge on any atom is 0.410 e. The molecular formula is C15H25F2NO3. The van der Waals surface area contributed by atoms with E-state index in [0.717, 1.165) is 0 Å². The van der Waals surface area contributed by atoms with Gasteiger partial charge in [0.1, 0.15) is 5.60 Å². The fourth-order valence-electron chi connectivity index (χ4n) is 3.61. The average Bonchev–Trinajstić information content (AvgIpc) is 2.58. The number of hydrogen-bond donors (Lipinski definition) is 1. The van der Waals surface area contributed by atoms with Crippen molar-refractivity contribution in [2.24, 2.45) is 11.3 Å². The van der Waals surface area contributed by atoms with Crippen LogP contribution in [0.4, 0.5) is 13.6 Å². The molecule has 122 valence electrons. The first-order chi connectivity index (χ1) is 9.57. The number of aliphatic hydroxyl groups excluding tert-OH is 1. The SMILES string of the molecule is CC(C)(C)OC(=O)N1CCC2(CC1)CC(F)(F)C[C@@H]2CO. The van der Waals surface area contributed by atoms with Gasteiger partial charge in [0, 0.05) is 32.5 Å². The molecule has 0 aromatic heterocycles. The highest BCUT2D eigenvalue weighted by atomic mass is 19.3.